The van der Waals surface area contributed by atoms with E-state index in [0.717, 1.165) is 29.0 Å². The van der Waals surface area contributed by atoms with Gasteiger partial charge in [-0.3, -0.25) is 19.1 Å². The molecule has 0 radical (unpaired) electrons. The number of aromatic amines is 1. The molecule has 0 bridgehead atoms. The third kappa shape index (κ3) is 3.21. The zero-order chi connectivity index (χ0) is 19.1. The fourth-order valence-electron chi connectivity index (χ4n) is 2.34. The molecule has 2 aromatic heterocycles. The molecule has 0 saturated carbocycles. The predicted octanol–water partition coefficient (Wildman–Crippen LogP) is 1.89. The van der Waals surface area contributed by atoms with Gasteiger partial charge in [-0.25, -0.2) is 9.78 Å². The summed E-state index contributed by atoms with van der Waals surface area (Å²) in [6.07, 6.45) is -3.41. The Bertz CT molecular complexity index is 1130. The maximum Gasteiger partial charge on any atom is 0.416 e. The summed E-state index contributed by atoms with van der Waals surface area (Å²) in [6.45, 7) is 0. The van der Waals surface area contributed by atoms with E-state index in [9.17, 15) is 27.6 Å². The fraction of sp³-hybridized carbons (Fsp3) is 0.125. The standard InChI is InChI=1S/C16H11F3N4O3/c1-23-12-11(14(25)22-15(23)26)5-8(7-20-12)13(24)21-10-4-2-3-9(6-10)16(17,18)19/h2-7H,1H3,(H,21,24)(H,22,25,26). The van der Waals surface area contributed by atoms with Crippen LogP contribution in [0.5, 0.6) is 0 Å². The number of anilines is 1. The molecule has 3 aromatic rings. The van der Waals surface area contributed by atoms with Crippen molar-refractivity contribution in [2.75, 3.05) is 5.32 Å². The van der Waals surface area contributed by atoms with Crippen molar-refractivity contribution < 1.29 is 18.0 Å². The summed E-state index contributed by atoms with van der Waals surface area (Å²) >= 11 is 0. The number of benzene rings is 1. The summed E-state index contributed by atoms with van der Waals surface area (Å²) < 4.78 is 39.3. The molecule has 0 atom stereocenters. The number of nitrogens with zero attached hydrogens (tertiary/aromatic N) is 2. The van der Waals surface area contributed by atoms with Gasteiger partial charge in [0.05, 0.1) is 16.5 Å². The maximum absolute atomic E-state index is 12.7. The molecule has 26 heavy (non-hydrogen) atoms. The summed E-state index contributed by atoms with van der Waals surface area (Å²) in [6, 6.07) is 5.36. The molecule has 0 aliphatic rings. The first kappa shape index (κ1) is 17.4. The molecule has 2 N–H and O–H groups in total. The van der Waals surface area contributed by atoms with Crippen molar-refractivity contribution in [3.8, 4) is 0 Å². The molecule has 2 heterocycles. The molecule has 0 aliphatic carbocycles. The Morgan fingerprint density at radius 1 is 1.23 bits per heavy atom. The largest absolute Gasteiger partial charge is 0.416 e. The highest BCUT2D eigenvalue weighted by Crippen LogP contribution is 2.30. The molecule has 0 spiro atoms. The van der Waals surface area contributed by atoms with Crippen LogP contribution in [0.2, 0.25) is 0 Å². The highest BCUT2D eigenvalue weighted by molar-refractivity contribution is 6.05. The van der Waals surface area contributed by atoms with Gasteiger partial charge in [0.2, 0.25) is 0 Å². The molecule has 0 saturated heterocycles. The lowest BCUT2D eigenvalue weighted by molar-refractivity contribution is -0.137. The molecule has 1 aromatic carbocycles. The molecule has 0 fully saturated rings. The zero-order valence-electron chi connectivity index (χ0n) is 13.2. The number of aromatic nitrogens is 3. The lowest BCUT2D eigenvalue weighted by Crippen LogP contribution is -2.29. The Kier molecular flexibility index (Phi) is 4.10. The van der Waals surface area contributed by atoms with Crippen LogP contribution in [0.15, 0.2) is 46.1 Å². The number of nitrogens with one attached hydrogen (secondary N) is 2. The number of halogens is 3. The molecule has 3 rings (SSSR count). The van der Waals surface area contributed by atoms with Gasteiger partial charge in [-0.2, -0.15) is 13.2 Å². The van der Waals surface area contributed by atoms with Gasteiger partial charge in [0.1, 0.15) is 5.65 Å². The second-order valence-electron chi connectivity index (χ2n) is 5.45. The number of aryl methyl sites for hydroxylation is 1. The van der Waals surface area contributed by atoms with E-state index in [4.69, 9.17) is 0 Å². The van der Waals surface area contributed by atoms with Crippen molar-refractivity contribution in [2.45, 2.75) is 6.18 Å². The van der Waals surface area contributed by atoms with E-state index in [1.54, 1.807) is 0 Å². The van der Waals surface area contributed by atoms with E-state index in [-0.39, 0.29) is 22.3 Å². The van der Waals surface area contributed by atoms with E-state index >= 15 is 0 Å². The molecular formula is C16H11F3N4O3. The summed E-state index contributed by atoms with van der Waals surface area (Å²) in [5, 5.41) is 2.32. The number of hydrogen-bond acceptors (Lipinski definition) is 4. The number of rotatable bonds is 2. The smallest absolute Gasteiger partial charge is 0.322 e. The van der Waals surface area contributed by atoms with Crippen LogP contribution < -0.4 is 16.6 Å². The number of H-pyrrole nitrogens is 1. The minimum absolute atomic E-state index is 0.00351. The highest BCUT2D eigenvalue weighted by atomic mass is 19.4. The van der Waals surface area contributed by atoms with Crippen molar-refractivity contribution in [3.05, 3.63) is 68.5 Å². The van der Waals surface area contributed by atoms with Gasteiger partial charge in [0.15, 0.2) is 0 Å². The van der Waals surface area contributed by atoms with Gasteiger partial charge in [0, 0.05) is 18.9 Å². The van der Waals surface area contributed by atoms with Crippen molar-refractivity contribution >= 4 is 22.6 Å². The summed E-state index contributed by atoms with van der Waals surface area (Å²) in [7, 11) is 1.40. The molecule has 0 unspecified atom stereocenters. The lowest BCUT2D eigenvalue weighted by Gasteiger charge is -2.10. The summed E-state index contributed by atoms with van der Waals surface area (Å²) in [4.78, 5) is 41.7. The summed E-state index contributed by atoms with van der Waals surface area (Å²) in [5.74, 6) is -0.744. The predicted molar refractivity (Wildman–Crippen MR) is 87.0 cm³/mol. The number of carbonyl (C=O) groups excluding carboxylic acids is 1. The minimum atomic E-state index is -4.54. The van der Waals surface area contributed by atoms with Crippen LogP contribution in [-0.2, 0) is 13.2 Å². The van der Waals surface area contributed by atoms with Gasteiger partial charge >= 0.3 is 11.9 Å². The first-order valence-electron chi connectivity index (χ1n) is 7.24. The molecule has 0 aliphatic heterocycles. The number of fused-ring (bicyclic) bond motifs is 1. The van der Waals surface area contributed by atoms with Gasteiger partial charge in [0.25, 0.3) is 11.5 Å². The van der Waals surface area contributed by atoms with E-state index < -0.39 is 28.9 Å². The van der Waals surface area contributed by atoms with Crippen LogP contribution in [0.3, 0.4) is 0 Å². The monoisotopic (exact) mass is 364 g/mol. The van der Waals surface area contributed by atoms with Crippen LogP contribution >= 0.6 is 0 Å². The van der Waals surface area contributed by atoms with Crippen LogP contribution in [0.25, 0.3) is 11.0 Å². The van der Waals surface area contributed by atoms with Gasteiger partial charge in [-0.1, -0.05) is 6.07 Å². The fourth-order valence-corrected chi connectivity index (χ4v) is 2.34. The molecule has 7 nitrogen and oxygen atoms in total. The van der Waals surface area contributed by atoms with E-state index in [1.165, 1.54) is 19.2 Å². The quantitative estimate of drug-likeness (QED) is 0.726. The third-order valence-corrected chi connectivity index (χ3v) is 3.66. The van der Waals surface area contributed by atoms with Crippen molar-refractivity contribution in [2.24, 2.45) is 7.05 Å². The Morgan fingerprint density at radius 2 is 1.96 bits per heavy atom. The van der Waals surface area contributed by atoms with Crippen molar-refractivity contribution in [1.29, 1.82) is 0 Å². The maximum atomic E-state index is 12.7. The molecule has 134 valence electrons. The van der Waals surface area contributed by atoms with E-state index in [1.807, 2.05) is 0 Å². The Balaban J connectivity index is 1.96. The van der Waals surface area contributed by atoms with Gasteiger partial charge in [-0.15, -0.1) is 0 Å². The lowest BCUT2D eigenvalue weighted by atomic mass is 10.1. The topological polar surface area (TPSA) is 96.9 Å². The number of pyridine rings is 1. The second kappa shape index (κ2) is 6.14. The number of alkyl halides is 3. The number of amides is 1. The van der Waals surface area contributed by atoms with Crippen molar-refractivity contribution in [1.82, 2.24) is 14.5 Å². The molecular weight excluding hydrogens is 353 g/mol. The highest BCUT2D eigenvalue weighted by Gasteiger charge is 2.30. The Labute approximate surface area is 143 Å². The normalized spacial score (nSPS) is 11.5. The second-order valence-corrected chi connectivity index (χ2v) is 5.45. The number of carbonyl (C=O) groups is 1. The van der Waals surface area contributed by atoms with Crippen molar-refractivity contribution in [3.63, 3.8) is 0 Å². The van der Waals surface area contributed by atoms with Crippen LogP contribution in [-0.4, -0.2) is 20.4 Å². The minimum Gasteiger partial charge on any atom is -0.322 e. The van der Waals surface area contributed by atoms with E-state index in [0.29, 0.717) is 0 Å². The molecule has 1 amide bonds. The van der Waals surface area contributed by atoms with Crippen LogP contribution in [0, 0.1) is 0 Å². The molecule has 10 heteroatoms. The van der Waals surface area contributed by atoms with E-state index in [2.05, 4.69) is 15.3 Å². The third-order valence-electron chi connectivity index (χ3n) is 3.66. The van der Waals surface area contributed by atoms with Gasteiger partial charge in [-0.05, 0) is 24.3 Å². The van der Waals surface area contributed by atoms with Gasteiger partial charge < -0.3 is 5.32 Å². The Hall–Kier alpha value is -3.43. The average Bonchev–Trinajstić information content (AvgIpc) is 2.59. The van der Waals surface area contributed by atoms with Crippen LogP contribution in [0.1, 0.15) is 15.9 Å². The summed E-state index contributed by atoms with van der Waals surface area (Å²) in [5.41, 5.74) is -2.30. The zero-order valence-corrected chi connectivity index (χ0v) is 13.2. The first-order valence-corrected chi connectivity index (χ1v) is 7.24. The first-order chi connectivity index (χ1) is 12.2. The number of hydrogen-bond donors (Lipinski definition) is 2. The Morgan fingerprint density at radius 3 is 2.65 bits per heavy atom. The SMILES string of the molecule is Cn1c(=O)[nH]c(=O)c2cc(C(=O)Nc3cccc(C(F)(F)F)c3)cnc21. The van der Waals surface area contributed by atoms with Crippen LogP contribution in [0.4, 0.5) is 18.9 Å². The average molecular weight is 364 g/mol.